The first-order chi connectivity index (χ1) is 21.5. The van der Waals surface area contributed by atoms with Crippen LogP contribution in [-0.4, -0.2) is 60.4 Å². The average Bonchev–Trinajstić information content (AvgIpc) is 3.71. The third-order valence-electron chi connectivity index (χ3n) is 6.80. The van der Waals surface area contributed by atoms with Crippen LogP contribution in [0, 0.1) is 0 Å². The topological polar surface area (TPSA) is 233 Å². The van der Waals surface area contributed by atoms with Crippen molar-refractivity contribution in [1.29, 1.82) is 0 Å². The van der Waals surface area contributed by atoms with Crippen LogP contribution in [0.2, 0.25) is 0 Å². The highest BCUT2D eigenvalue weighted by molar-refractivity contribution is 7.85. The number of nitrogens with one attached hydrogen (secondary N) is 3. The fourth-order valence-corrected chi connectivity index (χ4v) is 5.92. The van der Waals surface area contributed by atoms with Crippen molar-refractivity contribution in [3.05, 3.63) is 72.8 Å². The van der Waals surface area contributed by atoms with Gasteiger partial charge in [0.2, 0.25) is 0 Å². The van der Waals surface area contributed by atoms with Crippen molar-refractivity contribution in [3.63, 3.8) is 0 Å². The molecule has 0 aliphatic carbocycles. The SMILES string of the molecule is O=S(O)Oc1ccc2nc(-c3ccc(-c4nc5ccc(S(=O)(=O)O)cc5[nH]4)cc3-c3nc4ccc(OS(=O)O)cc4[nH]3)[nH]c2c1. The van der Waals surface area contributed by atoms with E-state index in [-0.39, 0.29) is 16.4 Å². The lowest BCUT2D eigenvalue weighted by atomic mass is 10.0. The van der Waals surface area contributed by atoms with Crippen LogP contribution >= 0.6 is 0 Å². The predicted octanol–water partition coefficient (Wildman–Crippen LogP) is 4.59. The number of fused-ring (bicyclic) bond motifs is 3. The van der Waals surface area contributed by atoms with Crippen molar-refractivity contribution in [3.8, 4) is 45.7 Å². The van der Waals surface area contributed by atoms with Crippen LogP contribution in [-0.2, 0) is 32.8 Å². The lowest BCUT2D eigenvalue weighted by molar-refractivity contribution is 0.456. The zero-order valence-electron chi connectivity index (χ0n) is 22.3. The van der Waals surface area contributed by atoms with Crippen LogP contribution in [0.4, 0.5) is 0 Å². The van der Waals surface area contributed by atoms with Crippen LogP contribution in [0.1, 0.15) is 0 Å². The smallest absolute Gasteiger partial charge is 0.357 e. The summed E-state index contributed by atoms with van der Waals surface area (Å²) in [5.41, 5.74) is 4.82. The molecule has 6 N–H and O–H groups in total. The largest absolute Gasteiger partial charge is 0.380 e. The molecule has 2 unspecified atom stereocenters. The molecule has 7 rings (SSSR count). The van der Waals surface area contributed by atoms with Crippen LogP contribution < -0.4 is 8.37 Å². The Bertz CT molecular complexity index is 2450. The van der Waals surface area contributed by atoms with Crippen LogP contribution in [0.5, 0.6) is 11.5 Å². The number of nitrogens with zero attached hydrogens (tertiary/aromatic N) is 3. The maximum absolute atomic E-state index is 11.6. The second kappa shape index (κ2) is 10.9. The molecule has 0 saturated carbocycles. The van der Waals surface area contributed by atoms with Gasteiger partial charge in [0, 0.05) is 28.8 Å². The minimum absolute atomic E-state index is 0.151. The fraction of sp³-hybridized carbons (Fsp3) is 0. The van der Waals surface area contributed by atoms with Gasteiger partial charge in [-0.2, -0.15) is 16.8 Å². The van der Waals surface area contributed by atoms with Crippen LogP contribution in [0.25, 0.3) is 67.3 Å². The Labute approximate surface area is 257 Å². The molecule has 45 heavy (non-hydrogen) atoms. The van der Waals surface area contributed by atoms with Crippen molar-refractivity contribution in [2.75, 3.05) is 0 Å². The minimum Gasteiger partial charge on any atom is -0.380 e. The van der Waals surface area contributed by atoms with Crippen molar-refractivity contribution < 1.29 is 38.9 Å². The van der Waals surface area contributed by atoms with Gasteiger partial charge in [0.05, 0.1) is 38.0 Å². The van der Waals surface area contributed by atoms with Crippen molar-refractivity contribution >= 4 is 65.9 Å². The maximum Gasteiger partial charge on any atom is 0.357 e. The molecule has 0 bridgehead atoms. The van der Waals surface area contributed by atoms with Gasteiger partial charge in [-0.1, -0.05) is 6.07 Å². The van der Waals surface area contributed by atoms with Gasteiger partial charge in [-0.05, 0) is 54.6 Å². The van der Waals surface area contributed by atoms with E-state index in [9.17, 15) is 21.4 Å². The number of hydrogen-bond acceptors (Lipinski definition) is 9. The van der Waals surface area contributed by atoms with Gasteiger partial charge in [0.1, 0.15) is 29.0 Å². The number of benzene rings is 4. The van der Waals surface area contributed by atoms with E-state index in [1.807, 2.05) is 0 Å². The average molecular weight is 667 g/mol. The van der Waals surface area contributed by atoms with Crippen molar-refractivity contribution in [2.24, 2.45) is 0 Å². The van der Waals surface area contributed by atoms with E-state index >= 15 is 0 Å². The molecule has 228 valence electrons. The van der Waals surface area contributed by atoms with Gasteiger partial charge >= 0.3 is 22.7 Å². The summed E-state index contributed by atoms with van der Waals surface area (Å²) in [4.78, 5) is 23.2. The molecule has 0 fully saturated rings. The van der Waals surface area contributed by atoms with Crippen molar-refractivity contribution in [2.45, 2.75) is 4.90 Å². The molecule has 15 nitrogen and oxygen atoms in total. The molecule has 3 heterocycles. The molecule has 3 aromatic heterocycles. The number of H-pyrrole nitrogens is 3. The molecular formula is C27H18N6O9S3. The van der Waals surface area contributed by atoms with Crippen LogP contribution in [0.15, 0.2) is 77.7 Å². The standard InChI is InChI=1S/C27H18N6O9S3/c34-43(35)41-14-2-6-19-22(10-14)32-26(29-19)17-5-1-13(25-28-21-8-4-16(45(38,39)40)12-24(21)31-25)9-18(17)27-30-20-7-3-15(42-44(36)37)11-23(20)33-27/h1-12H,(H,28,31)(H,29,32)(H,30,33)(H,34,35)(H,36,37)(H,38,39,40). The zero-order valence-corrected chi connectivity index (χ0v) is 24.7. The predicted molar refractivity (Wildman–Crippen MR) is 164 cm³/mol. The summed E-state index contributed by atoms with van der Waals surface area (Å²) in [6.45, 7) is 0. The number of hydrogen-bond donors (Lipinski definition) is 6. The molecule has 0 amide bonds. The Morgan fingerprint density at radius 3 is 1.64 bits per heavy atom. The van der Waals surface area contributed by atoms with Crippen molar-refractivity contribution in [1.82, 2.24) is 29.9 Å². The molecule has 4 aromatic carbocycles. The van der Waals surface area contributed by atoms with E-state index in [0.717, 1.165) is 0 Å². The third kappa shape index (κ3) is 5.68. The highest BCUT2D eigenvalue weighted by Gasteiger charge is 2.19. The highest BCUT2D eigenvalue weighted by Crippen LogP contribution is 2.36. The van der Waals surface area contributed by atoms with E-state index < -0.39 is 32.8 Å². The molecule has 0 aliphatic rings. The van der Waals surface area contributed by atoms with Crippen LogP contribution in [0.3, 0.4) is 0 Å². The minimum atomic E-state index is -4.42. The third-order valence-corrected chi connectivity index (χ3v) is 8.32. The summed E-state index contributed by atoms with van der Waals surface area (Å²) >= 11 is -5.01. The quantitative estimate of drug-likeness (QED) is 0.0965. The molecule has 18 heteroatoms. The molecule has 0 spiro atoms. The summed E-state index contributed by atoms with van der Waals surface area (Å²) in [5, 5.41) is 0. The Morgan fingerprint density at radius 1 is 0.600 bits per heavy atom. The highest BCUT2D eigenvalue weighted by atomic mass is 32.2. The summed E-state index contributed by atoms with van der Waals surface area (Å²) in [7, 11) is -4.42. The van der Waals surface area contributed by atoms with E-state index in [2.05, 4.69) is 24.9 Å². The number of aromatic amines is 3. The Kier molecular flexibility index (Phi) is 6.95. The fourth-order valence-electron chi connectivity index (χ4n) is 4.88. The molecular weight excluding hydrogens is 649 g/mol. The molecule has 7 aromatic rings. The lowest BCUT2D eigenvalue weighted by Gasteiger charge is -2.08. The maximum atomic E-state index is 11.6. The Morgan fingerprint density at radius 2 is 1.09 bits per heavy atom. The Hall–Kier alpha value is -4.98. The molecule has 0 radical (unpaired) electrons. The monoisotopic (exact) mass is 666 g/mol. The van der Waals surface area contributed by atoms with Gasteiger partial charge in [-0.3, -0.25) is 13.7 Å². The second-order valence-corrected chi connectivity index (χ2v) is 12.3. The van der Waals surface area contributed by atoms with Gasteiger partial charge < -0.3 is 23.3 Å². The van der Waals surface area contributed by atoms with E-state index in [1.165, 1.54) is 42.5 Å². The lowest BCUT2D eigenvalue weighted by Crippen LogP contribution is -1.97. The number of aromatic nitrogens is 6. The second-order valence-electron chi connectivity index (χ2n) is 9.63. The number of imidazole rings is 3. The van der Waals surface area contributed by atoms with E-state index in [1.54, 1.807) is 30.3 Å². The number of rotatable bonds is 8. The first-order valence-corrected chi connectivity index (χ1v) is 16.2. The first-order valence-electron chi connectivity index (χ1n) is 12.7. The summed E-state index contributed by atoms with van der Waals surface area (Å²) in [5.74, 6) is 1.57. The van der Waals surface area contributed by atoms with Gasteiger partial charge in [-0.15, -0.1) is 0 Å². The normalized spacial score (nSPS) is 13.4. The Balaban J connectivity index is 1.38. The first kappa shape index (κ1) is 28.8. The van der Waals surface area contributed by atoms with Gasteiger partial charge in [0.25, 0.3) is 10.1 Å². The summed E-state index contributed by atoms with van der Waals surface area (Å²) < 4.78 is 83.0. The van der Waals surface area contributed by atoms with E-state index in [0.29, 0.717) is 67.3 Å². The summed E-state index contributed by atoms with van der Waals surface area (Å²) in [6, 6.07) is 18.7. The zero-order chi connectivity index (χ0) is 31.5. The van der Waals surface area contributed by atoms with Gasteiger partial charge in [-0.25, -0.2) is 15.0 Å². The summed E-state index contributed by atoms with van der Waals surface area (Å²) in [6.07, 6.45) is 0. The molecule has 2 atom stereocenters. The van der Waals surface area contributed by atoms with Gasteiger partial charge in [0.15, 0.2) is 0 Å². The molecule has 0 saturated heterocycles. The molecule has 0 aliphatic heterocycles. The van der Waals surface area contributed by atoms with E-state index in [4.69, 9.17) is 22.5 Å².